The fourth-order valence-electron chi connectivity index (χ4n) is 10.0. The fourth-order valence-corrected chi connectivity index (χ4v) is 11.1. The lowest BCUT2D eigenvalue weighted by Gasteiger charge is -2.47. The number of ketones is 1. The molecule has 0 aliphatic carbocycles. The third kappa shape index (κ3) is 34.0. The molecule has 0 aromatic rings. The Labute approximate surface area is 473 Å². The van der Waals surface area contributed by atoms with Crippen LogP contribution in [-0.4, -0.2) is 150 Å². The van der Waals surface area contributed by atoms with Gasteiger partial charge < -0.3 is 68.5 Å². The zero-order valence-corrected chi connectivity index (χ0v) is 50.7. The Hall–Kier alpha value is -1.75. The number of phosphoric acid groups is 2. The van der Waals surface area contributed by atoms with Gasteiger partial charge >= 0.3 is 15.6 Å². The second-order valence-electron chi connectivity index (χ2n) is 21.4. The maximum atomic E-state index is 14.0. The van der Waals surface area contributed by atoms with E-state index in [-0.39, 0.29) is 32.3 Å². The van der Waals surface area contributed by atoms with Crippen LogP contribution in [-0.2, 0) is 65.7 Å². The molecule has 464 valence electrons. The number of aliphatic hydroxyl groups is 1. The Morgan fingerprint density at radius 1 is 0.544 bits per heavy atom. The second kappa shape index (κ2) is 43.8. The first-order valence-corrected chi connectivity index (χ1v) is 33.0. The molecule has 2 rings (SSSR count). The van der Waals surface area contributed by atoms with E-state index in [1.807, 2.05) is 0 Å². The summed E-state index contributed by atoms with van der Waals surface area (Å²) in [7, 11) is -7.66. The van der Waals surface area contributed by atoms with Crippen LogP contribution in [0.1, 0.15) is 220 Å². The van der Waals surface area contributed by atoms with Crippen LogP contribution in [0, 0.1) is 0 Å². The molecule has 0 aromatic heterocycles. The van der Waals surface area contributed by atoms with Crippen molar-refractivity contribution in [1.29, 1.82) is 0 Å². The van der Waals surface area contributed by atoms with E-state index in [2.05, 4.69) is 43.6 Å². The van der Waals surface area contributed by atoms with Crippen molar-refractivity contribution in [1.82, 2.24) is 10.6 Å². The van der Waals surface area contributed by atoms with Crippen molar-refractivity contribution < 1.29 is 90.4 Å². The third-order valence-electron chi connectivity index (χ3n) is 14.3. The Balaban J connectivity index is 2.43. The molecule has 0 spiro atoms. The van der Waals surface area contributed by atoms with Gasteiger partial charge in [-0.3, -0.25) is 23.4 Å². The van der Waals surface area contributed by atoms with Crippen LogP contribution in [0.5, 0.6) is 0 Å². The van der Waals surface area contributed by atoms with Gasteiger partial charge in [0.05, 0.1) is 25.7 Å². The first-order chi connectivity index (χ1) is 37.9. The molecule has 0 aromatic carbocycles. The van der Waals surface area contributed by atoms with E-state index in [4.69, 9.17) is 42.2 Å². The van der Waals surface area contributed by atoms with Gasteiger partial charge in [0.1, 0.15) is 54.5 Å². The van der Waals surface area contributed by atoms with Crippen molar-refractivity contribution >= 4 is 33.2 Å². The van der Waals surface area contributed by atoms with Gasteiger partial charge in [0, 0.05) is 33.9 Å². The predicted octanol–water partition coefficient (Wildman–Crippen LogP) is 9.71. The number of carbonyl (C=O) groups is 3. The topological polar surface area (TPSA) is 294 Å². The number of methoxy groups -OCH3 is 2. The van der Waals surface area contributed by atoms with Crippen LogP contribution < -0.4 is 10.6 Å². The van der Waals surface area contributed by atoms with Gasteiger partial charge in [-0.2, -0.15) is 0 Å². The van der Waals surface area contributed by atoms with Crippen molar-refractivity contribution in [3.8, 4) is 0 Å². The quantitative estimate of drug-likeness (QED) is 0.0129. The number of ether oxygens (including phenoxy) is 7. The number of hydrogen-bond donors (Lipinski definition) is 7. The predicted molar refractivity (Wildman–Crippen MR) is 301 cm³/mol. The molecule has 11 atom stereocenters. The van der Waals surface area contributed by atoms with E-state index in [0.29, 0.717) is 19.3 Å². The number of hydrogen-bond acceptors (Lipinski definition) is 15. The number of allylic oxidation sites excluding steroid dienone is 2. The molecule has 79 heavy (non-hydrogen) atoms. The highest BCUT2D eigenvalue weighted by Gasteiger charge is 2.53. The summed E-state index contributed by atoms with van der Waals surface area (Å²) in [6.45, 7) is 6.89. The van der Waals surface area contributed by atoms with Crippen LogP contribution in [0.15, 0.2) is 12.2 Å². The lowest BCUT2D eigenvalue weighted by molar-refractivity contribution is -0.301. The van der Waals surface area contributed by atoms with Crippen LogP contribution in [0.25, 0.3) is 0 Å². The van der Waals surface area contributed by atoms with E-state index >= 15 is 0 Å². The molecule has 23 heteroatoms. The average Bonchev–Trinajstić information content (AvgIpc) is 3.43. The Kier molecular flexibility index (Phi) is 40.7. The monoisotopic (exact) mass is 1170 g/mol. The van der Waals surface area contributed by atoms with E-state index in [0.717, 1.165) is 135 Å². The lowest BCUT2D eigenvalue weighted by atomic mass is 9.95. The van der Waals surface area contributed by atoms with Crippen molar-refractivity contribution in [3.63, 3.8) is 0 Å². The normalized spacial score (nSPS) is 24.2. The van der Waals surface area contributed by atoms with Gasteiger partial charge in [-0.1, -0.05) is 161 Å². The van der Waals surface area contributed by atoms with E-state index in [1.165, 1.54) is 39.7 Å². The Morgan fingerprint density at radius 3 is 1.59 bits per heavy atom. The lowest BCUT2D eigenvalue weighted by Crippen LogP contribution is -2.67. The van der Waals surface area contributed by atoms with Crippen molar-refractivity contribution in [2.45, 2.75) is 288 Å². The van der Waals surface area contributed by atoms with Crippen molar-refractivity contribution in [3.05, 3.63) is 12.2 Å². The zero-order valence-electron chi connectivity index (χ0n) is 48.9. The SMILES string of the molecule is CCCCCC/C=C\CCCCCCCCCC(=O)N[C@H]1[C@H](OC[C@H]2O[C@H](OP(=O)(O)O)[C@H](NC(=O)CC(C)=O)[C@@H](OCCCCCCCCCC)[C@@H]2O)OC(COC)[C@@H](OP(=O)(O)O)[C@@H]1OCC[C@@H](CCCCCCC)OC. The van der Waals surface area contributed by atoms with Crippen LogP contribution in [0.3, 0.4) is 0 Å². The largest absolute Gasteiger partial charge is 0.472 e. The van der Waals surface area contributed by atoms with E-state index < -0.39 is 108 Å². The van der Waals surface area contributed by atoms with Crippen molar-refractivity contribution in [2.24, 2.45) is 0 Å². The molecular formula is C56H106N2O19P2. The van der Waals surface area contributed by atoms with Gasteiger partial charge in [0.25, 0.3) is 0 Å². The standard InChI is InChI=1S/C56H106N2O19P2/c1-7-10-13-16-18-20-21-22-23-24-25-26-27-30-33-36-47(60)57-50-54(72-39-37-44(70-6)35-32-29-15-12-9-3)52(76-78(63,64)65)46(41-69-5)75-55(50)73-42-45-51(62)53(71-38-34-31-28-19-17-14-11-8-2)49(58-48(61)40-43(4)59)56(74-45)77-79(66,67)68/h20-21,44-46,49-56,62H,7-19,22-42H2,1-6H3,(H,57,60)(H,58,61)(H2,63,64,65)(H2,66,67,68)/b21-20-/t44-,45-,46?,49-,50-,51-,52-,53-,54-,55-,56-/m1/s1. The number of rotatable bonds is 49. The van der Waals surface area contributed by atoms with Gasteiger partial charge in [-0.15, -0.1) is 0 Å². The van der Waals surface area contributed by atoms with Crippen LogP contribution >= 0.6 is 15.6 Å². The molecule has 0 bridgehead atoms. The van der Waals surface area contributed by atoms with E-state index in [9.17, 15) is 48.2 Å². The molecule has 2 amide bonds. The molecule has 7 N–H and O–H groups in total. The zero-order chi connectivity index (χ0) is 58.3. The number of unbranched alkanes of at least 4 members (excludes halogenated alkanes) is 22. The number of Topliss-reactive ketones (excluding diaryl/α,β-unsaturated/α-hetero) is 1. The summed E-state index contributed by atoms with van der Waals surface area (Å²) in [5.74, 6) is -1.75. The smallest absolute Gasteiger partial charge is 0.388 e. The molecule has 0 radical (unpaired) electrons. The number of nitrogens with one attached hydrogen (secondary N) is 2. The summed E-state index contributed by atoms with van der Waals surface area (Å²) in [5.41, 5.74) is 0. The van der Waals surface area contributed by atoms with Crippen molar-refractivity contribution in [2.75, 3.05) is 40.6 Å². The minimum Gasteiger partial charge on any atom is -0.388 e. The first kappa shape index (κ1) is 73.4. The first-order valence-electron chi connectivity index (χ1n) is 29.9. The highest BCUT2D eigenvalue weighted by atomic mass is 31.2. The highest BCUT2D eigenvalue weighted by Crippen LogP contribution is 2.44. The van der Waals surface area contributed by atoms with Gasteiger partial charge in [-0.05, 0) is 58.3 Å². The number of aliphatic hydroxyl groups excluding tert-OH is 1. The minimum atomic E-state index is -5.36. The minimum absolute atomic E-state index is 0.00768. The number of amides is 2. The number of phosphoric ester groups is 2. The molecule has 2 fully saturated rings. The van der Waals surface area contributed by atoms with Crippen LogP contribution in [0.2, 0.25) is 0 Å². The summed E-state index contributed by atoms with van der Waals surface area (Å²) in [5, 5.41) is 17.5. The Morgan fingerprint density at radius 2 is 1.04 bits per heavy atom. The van der Waals surface area contributed by atoms with Crippen LogP contribution in [0.4, 0.5) is 0 Å². The Bertz CT molecular complexity index is 1720. The molecular weight excluding hydrogens is 1070 g/mol. The van der Waals surface area contributed by atoms with Gasteiger partial charge in [0.2, 0.25) is 11.8 Å². The summed E-state index contributed by atoms with van der Waals surface area (Å²) in [6, 6.07) is -2.83. The molecule has 2 heterocycles. The number of carbonyl (C=O) groups excluding carboxylic acids is 3. The second-order valence-corrected chi connectivity index (χ2v) is 23.8. The molecule has 0 saturated carbocycles. The summed E-state index contributed by atoms with van der Waals surface area (Å²) >= 11 is 0. The molecule has 2 aliphatic heterocycles. The average molecular weight is 1170 g/mol. The molecule has 2 aliphatic rings. The fraction of sp³-hybridized carbons (Fsp3) is 0.911. The summed E-state index contributed by atoms with van der Waals surface area (Å²) in [4.78, 5) is 79.6. The summed E-state index contributed by atoms with van der Waals surface area (Å²) in [6.07, 6.45) is 19.9. The van der Waals surface area contributed by atoms with Gasteiger partial charge in [-0.25, -0.2) is 9.13 Å². The highest BCUT2D eigenvalue weighted by molar-refractivity contribution is 7.46. The molecule has 1 unspecified atom stereocenters. The maximum Gasteiger partial charge on any atom is 0.472 e. The van der Waals surface area contributed by atoms with E-state index in [1.54, 1.807) is 7.11 Å². The van der Waals surface area contributed by atoms with Gasteiger partial charge in [0.15, 0.2) is 12.6 Å². The molecule has 2 saturated heterocycles. The third-order valence-corrected chi connectivity index (χ3v) is 15.3. The maximum absolute atomic E-state index is 14.0. The molecule has 21 nitrogen and oxygen atoms in total. The summed E-state index contributed by atoms with van der Waals surface area (Å²) < 4.78 is 78.2.